The quantitative estimate of drug-likeness (QED) is 0.914. The van der Waals surface area contributed by atoms with Crippen LogP contribution in [0.25, 0.3) is 11.3 Å². The Kier molecular flexibility index (Phi) is 4.05. The van der Waals surface area contributed by atoms with Crippen molar-refractivity contribution in [3.05, 3.63) is 41.0 Å². The molecule has 2 heterocycles. The molecule has 106 valence electrons. The number of hydrogen-bond donors (Lipinski definition) is 2. The van der Waals surface area contributed by atoms with Crippen LogP contribution in [0.15, 0.2) is 30.5 Å². The highest BCUT2D eigenvalue weighted by Gasteiger charge is 2.19. The van der Waals surface area contributed by atoms with E-state index in [0.717, 1.165) is 48.8 Å². The first kappa shape index (κ1) is 13.6. The maximum atomic E-state index is 9.56. The Hall–Kier alpha value is -1.36. The highest BCUT2D eigenvalue weighted by molar-refractivity contribution is 6.30. The zero-order valence-corrected chi connectivity index (χ0v) is 12.0. The molecular formula is C15H18ClN3O. The van der Waals surface area contributed by atoms with Gasteiger partial charge < -0.3 is 5.11 Å². The summed E-state index contributed by atoms with van der Waals surface area (Å²) in [7, 11) is 0. The van der Waals surface area contributed by atoms with Gasteiger partial charge in [-0.2, -0.15) is 5.10 Å². The molecule has 1 aliphatic rings. The van der Waals surface area contributed by atoms with E-state index in [0.29, 0.717) is 0 Å². The van der Waals surface area contributed by atoms with Crippen molar-refractivity contribution in [3.8, 4) is 11.3 Å². The van der Waals surface area contributed by atoms with E-state index in [9.17, 15) is 5.11 Å². The van der Waals surface area contributed by atoms with Crippen LogP contribution in [0.4, 0.5) is 0 Å². The van der Waals surface area contributed by atoms with Crippen molar-refractivity contribution in [1.29, 1.82) is 0 Å². The Bertz CT molecular complexity index is 576. The van der Waals surface area contributed by atoms with Crippen molar-refractivity contribution in [1.82, 2.24) is 15.1 Å². The van der Waals surface area contributed by atoms with Gasteiger partial charge in [0.05, 0.1) is 18.0 Å². The van der Waals surface area contributed by atoms with Crippen molar-refractivity contribution in [2.75, 3.05) is 13.1 Å². The molecular weight excluding hydrogens is 274 g/mol. The van der Waals surface area contributed by atoms with E-state index >= 15 is 0 Å². The summed E-state index contributed by atoms with van der Waals surface area (Å²) in [6.45, 7) is 2.72. The molecule has 1 aromatic heterocycles. The molecule has 0 saturated carbocycles. The molecule has 0 bridgehead atoms. The Labute approximate surface area is 123 Å². The number of rotatable bonds is 3. The fraction of sp³-hybridized carbons (Fsp3) is 0.400. The number of aliphatic hydroxyl groups excluding tert-OH is 1. The lowest BCUT2D eigenvalue weighted by molar-refractivity contribution is 0.0793. The normalized spacial score (nSPS) is 17.5. The highest BCUT2D eigenvalue weighted by atomic mass is 35.5. The molecule has 1 saturated heterocycles. The first-order chi connectivity index (χ1) is 9.72. The van der Waals surface area contributed by atoms with Crippen LogP contribution in [0.2, 0.25) is 5.02 Å². The van der Waals surface area contributed by atoms with Crippen molar-refractivity contribution < 1.29 is 5.11 Å². The predicted molar refractivity (Wildman–Crippen MR) is 79.6 cm³/mol. The fourth-order valence-corrected chi connectivity index (χ4v) is 2.83. The molecule has 3 rings (SSSR count). The number of hydrogen-bond acceptors (Lipinski definition) is 3. The molecule has 0 radical (unpaired) electrons. The van der Waals surface area contributed by atoms with Crippen LogP contribution in [0.3, 0.4) is 0 Å². The molecule has 5 heteroatoms. The summed E-state index contributed by atoms with van der Waals surface area (Å²) in [5, 5.41) is 17.5. The van der Waals surface area contributed by atoms with Crippen LogP contribution in [0.5, 0.6) is 0 Å². The van der Waals surface area contributed by atoms with Crippen molar-refractivity contribution >= 4 is 11.6 Å². The van der Waals surface area contributed by atoms with Gasteiger partial charge in [-0.1, -0.05) is 23.7 Å². The number of piperidine rings is 1. The lowest BCUT2D eigenvalue weighted by atomic mass is 10.1. The highest BCUT2D eigenvalue weighted by Crippen LogP contribution is 2.25. The monoisotopic (exact) mass is 291 g/mol. The summed E-state index contributed by atoms with van der Waals surface area (Å²) in [4.78, 5) is 2.35. The zero-order chi connectivity index (χ0) is 13.9. The summed E-state index contributed by atoms with van der Waals surface area (Å²) >= 11 is 6.05. The number of benzene rings is 1. The average molecular weight is 292 g/mol. The number of nitrogens with zero attached hydrogens (tertiary/aromatic N) is 2. The van der Waals surface area contributed by atoms with E-state index in [1.807, 2.05) is 30.5 Å². The summed E-state index contributed by atoms with van der Waals surface area (Å²) in [5.41, 5.74) is 3.25. The standard InChI is InChI=1S/C15H18ClN3O/c16-13-3-1-2-11(8-13)15-12(9-17-18-15)10-19-6-4-14(20)5-7-19/h1-3,8-9,14,20H,4-7,10H2,(H,17,18). The lowest BCUT2D eigenvalue weighted by Gasteiger charge is -2.29. The van der Waals surface area contributed by atoms with Crippen molar-refractivity contribution in [2.24, 2.45) is 0 Å². The first-order valence-electron chi connectivity index (χ1n) is 6.91. The van der Waals surface area contributed by atoms with Gasteiger partial charge in [-0.15, -0.1) is 0 Å². The number of aliphatic hydroxyl groups is 1. The summed E-state index contributed by atoms with van der Waals surface area (Å²) in [6, 6.07) is 7.79. The van der Waals surface area contributed by atoms with Crippen LogP contribution in [0.1, 0.15) is 18.4 Å². The van der Waals surface area contributed by atoms with Gasteiger partial charge in [0.1, 0.15) is 0 Å². The number of likely N-dealkylation sites (tertiary alicyclic amines) is 1. The van der Waals surface area contributed by atoms with Crippen LogP contribution in [-0.4, -0.2) is 39.4 Å². The van der Waals surface area contributed by atoms with Crippen LogP contribution >= 0.6 is 11.6 Å². The number of H-pyrrole nitrogens is 1. The van der Waals surface area contributed by atoms with Crippen molar-refractivity contribution in [3.63, 3.8) is 0 Å². The third-order valence-corrected chi connectivity index (χ3v) is 4.02. The maximum Gasteiger partial charge on any atom is 0.0695 e. The fourth-order valence-electron chi connectivity index (χ4n) is 2.64. The largest absolute Gasteiger partial charge is 0.393 e. The van der Waals surface area contributed by atoms with Crippen molar-refractivity contribution in [2.45, 2.75) is 25.5 Å². The van der Waals surface area contributed by atoms with Gasteiger partial charge in [0.15, 0.2) is 0 Å². The molecule has 1 aromatic carbocycles. The van der Waals surface area contributed by atoms with Gasteiger partial charge in [-0.3, -0.25) is 10.00 Å². The second-order valence-corrected chi connectivity index (χ2v) is 5.72. The van der Waals surface area contributed by atoms with Gasteiger partial charge in [0.25, 0.3) is 0 Å². The Morgan fingerprint density at radius 3 is 2.90 bits per heavy atom. The number of halogens is 1. The summed E-state index contributed by atoms with van der Waals surface area (Å²) in [5.74, 6) is 0. The predicted octanol–water partition coefficient (Wildman–Crippen LogP) is 2.69. The minimum absolute atomic E-state index is 0.136. The van der Waals surface area contributed by atoms with E-state index in [4.69, 9.17) is 11.6 Å². The zero-order valence-electron chi connectivity index (χ0n) is 11.2. The van der Waals surface area contributed by atoms with Gasteiger partial charge >= 0.3 is 0 Å². The molecule has 0 atom stereocenters. The molecule has 0 spiro atoms. The lowest BCUT2D eigenvalue weighted by Crippen LogP contribution is -2.35. The van der Waals surface area contributed by atoms with Crippen LogP contribution < -0.4 is 0 Å². The van der Waals surface area contributed by atoms with Gasteiger partial charge in [0.2, 0.25) is 0 Å². The molecule has 1 aliphatic heterocycles. The topological polar surface area (TPSA) is 52.1 Å². The Morgan fingerprint density at radius 2 is 2.15 bits per heavy atom. The molecule has 0 aliphatic carbocycles. The van der Waals surface area contributed by atoms with Crippen LogP contribution in [-0.2, 0) is 6.54 Å². The summed E-state index contributed by atoms with van der Waals surface area (Å²) in [6.07, 6.45) is 3.44. The molecule has 2 N–H and O–H groups in total. The third-order valence-electron chi connectivity index (χ3n) is 3.78. The smallest absolute Gasteiger partial charge is 0.0695 e. The number of aromatic nitrogens is 2. The molecule has 2 aromatic rings. The molecule has 1 fully saturated rings. The van der Waals surface area contributed by atoms with Gasteiger partial charge in [0, 0.05) is 35.8 Å². The molecule has 0 amide bonds. The second kappa shape index (κ2) is 5.95. The second-order valence-electron chi connectivity index (χ2n) is 5.29. The SMILES string of the molecule is OC1CCN(Cc2cn[nH]c2-c2cccc(Cl)c2)CC1. The van der Waals surface area contributed by atoms with E-state index in [-0.39, 0.29) is 6.10 Å². The van der Waals surface area contributed by atoms with E-state index in [2.05, 4.69) is 15.1 Å². The minimum atomic E-state index is -0.136. The van der Waals surface area contributed by atoms with E-state index < -0.39 is 0 Å². The molecule has 4 nitrogen and oxygen atoms in total. The number of nitrogens with one attached hydrogen (secondary N) is 1. The van der Waals surface area contributed by atoms with E-state index in [1.165, 1.54) is 5.56 Å². The van der Waals surface area contributed by atoms with E-state index in [1.54, 1.807) is 0 Å². The molecule has 0 unspecified atom stereocenters. The minimum Gasteiger partial charge on any atom is -0.393 e. The maximum absolute atomic E-state index is 9.56. The first-order valence-corrected chi connectivity index (χ1v) is 7.29. The van der Waals surface area contributed by atoms with Gasteiger partial charge in [-0.05, 0) is 25.0 Å². The average Bonchev–Trinajstić information content (AvgIpc) is 2.89. The number of aromatic amines is 1. The Morgan fingerprint density at radius 1 is 1.35 bits per heavy atom. The van der Waals surface area contributed by atoms with Gasteiger partial charge in [-0.25, -0.2) is 0 Å². The molecule has 20 heavy (non-hydrogen) atoms. The van der Waals surface area contributed by atoms with Crippen LogP contribution in [0, 0.1) is 0 Å². The Balaban J connectivity index is 1.77. The third kappa shape index (κ3) is 3.03. The summed E-state index contributed by atoms with van der Waals surface area (Å²) < 4.78 is 0.